The second-order valence-electron chi connectivity index (χ2n) is 1.79. The number of carbonyl (C=O) groups is 1. The first kappa shape index (κ1) is 7.75. The summed E-state index contributed by atoms with van der Waals surface area (Å²) in [6, 6.07) is 0. The molecule has 0 spiro atoms. The largest absolute Gasteiger partial charge is 0.397 e. The molecule has 0 saturated heterocycles. The van der Waals surface area contributed by atoms with Gasteiger partial charge in [-0.25, -0.2) is 0 Å². The van der Waals surface area contributed by atoms with Crippen molar-refractivity contribution in [2.75, 3.05) is 5.73 Å². The minimum atomic E-state index is 0.419. The van der Waals surface area contributed by atoms with Crippen LogP contribution < -0.4 is 5.73 Å². The van der Waals surface area contributed by atoms with Gasteiger partial charge in [0, 0.05) is 16.7 Å². The second-order valence-corrected chi connectivity index (χ2v) is 3.61. The van der Waals surface area contributed by atoms with E-state index in [2.05, 4.69) is 15.9 Å². The third kappa shape index (κ3) is 1.38. The molecule has 0 unspecified atom stereocenters. The van der Waals surface area contributed by atoms with E-state index in [4.69, 9.17) is 5.73 Å². The van der Waals surface area contributed by atoms with Crippen molar-refractivity contribution in [1.82, 2.24) is 0 Å². The Morgan fingerprint density at radius 2 is 2.50 bits per heavy atom. The highest BCUT2D eigenvalue weighted by Gasteiger charge is 2.03. The minimum absolute atomic E-state index is 0.419. The smallest absolute Gasteiger partial charge is 0.125 e. The van der Waals surface area contributed by atoms with Gasteiger partial charge in [0.05, 0.1) is 10.2 Å². The van der Waals surface area contributed by atoms with Crippen LogP contribution >= 0.6 is 27.3 Å². The zero-order valence-electron chi connectivity index (χ0n) is 5.13. The van der Waals surface area contributed by atoms with Crippen LogP contribution in [0.15, 0.2) is 9.85 Å². The molecule has 0 aromatic carbocycles. The highest BCUT2D eigenvalue weighted by molar-refractivity contribution is 9.10. The van der Waals surface area contributed by atoms with Gasteiger partial charge in [-0.2, -0.15) is 0 Å². The lowest BCUT2D eigenvalue weighted by Crippen LogP contribution is -1.89. The Morgan fingerprint density at radius 3 is 2.90 bits per heavy atom. The zero-order valence-corrected chi connectivity index (χ0v) is 7.54. The van der Waals surface area contributed by atoms with Crippen molar-refractivity contribution in [3.63, 3.8) is 0 Å². The molecule has 0 aliphatic heterocycles. The lowest BCUT2D eigenvalue weighted by atomic mass is 10.3. The van der Waals surface area contributed by atoms with Crippen LogP contribution in [0.1, 0.15) is 4.88 Å². The quantitative estimate of drug-likeness (QED) is 0.772. The molecule has 1 aromatic heterocycles. The van der Waals surface area contributed by atoms with Crippen molar-refractivity contribution in [3.8, 4) is 0 Å². The topological polar surface area (TPSA) is 43.1 Å². The molecule has 0 radical (unpaired) electrons. The maximum Gasteiger partial charge on any atom is 0.125 e. The molecule has 4 heteroatoms. The van der Waals surface area contributed by atoms with Crippen LogP contribution in [0, 0.1) is 0 Å². The van der Waals surface area contributed by atoms with E-state index in [0.29, 0.717) is 12.1 Å². The van der Waals surface area contributed by atoms with E-state index in [1.807, 2.05) is 5.38 Å². The van der Waals surface area contributed by atoms with Crippen LogP contribution in [0.3, 0.4) is 0 Å². The lowest BCUT2D eigenvalue weighted by molar-refractivity contribution is -0.107. The van der Waals surface area contributed by atoms with Gasteiger partial charge in [-0.3, -0.25) is 0 Å². The minimum Gasteiger partial charge on any atom is -0.397 e. The number of rotatable bonds is 2. The number of halogens is 1. The molecule has 2 nitrogen and oxygen atoms in total. The van der Waals surface area contributed by atoms with Gasteiger partial charge in [0.15, 0.2) is 0 Å². The molecule has 1 heterocycles. The van der Waals surface area contributed by atoms with Gasteiger partial charge in [0.25, 0.3) is 0 Å². The summed E-state index contributed by atoms with van der Waals surface area (Å²) in [5, 5.41) is 1.88. The van der Waals surface area contributed by atoms with Crippen LogP contribution in [0.5, 0.6) is 0 Å². The van der Waals surface area contributed by atoms with Gasteiger partial charge in [-0.15, -0.1) is 11.3 Å². The first-order valence-corrected chi connectivity index (χ1v) is 4.38. The van der Waals surface area contributed by atoms with E-state index >= 15 is 0 Å². The molecule has 0 aliphatic rings. The standard InChI is InChI=1S/C6H6BrNOS/c7-4-3-10-5(1-2-9)6(4)8/h2-3H,1,8H2. The molecule has 1 rings (SSSR count). The summed E-state index contributed by atoms with van der Waals surface area (Å²) in [5.74, 6) is 0. The fourth-order valence-electron chi connectivity index (χ4n) is 0.617. The fourth-order valence-corrected chi connectivity index (χ4v) is 2.04. The predicted molar refractivity (Wildman–Crippen MR) is 46.2 cm³/mol. The fraction of sp³-hybridized carbons (Fsp3) is 0.167. The summed E-state index contributed by atoms with van der Waals surface area (Å²) < 4.78 is 0.884. The van der Waals surface area contributed by atoms with Crippen molar-refractivity contribution in [1.29, 1.82) is 0 Å². The Balaban J connectivity index is 2.93. The van der Waals surface area contributed by atoms with Gasteiger partial charge in [0.1, 0.15) is 6.29 Å². The van der Waals surface area contributed by atoms with E-state index in [1.165, 1.54) is 11.3 Å². The van der Waals surface area contributed by atoms with Crippen molar-refractivity contribution in [2.24, 2.45) is 0 Å². The summed E-state index contributed by atoms with van der Waals surface area (Å²) >= 11 is 4.75. The number of aldehydes is 1. The molecule has 0 atom stereocenters. The van der Waals surface area contributed by atoms with Gasteiger partial charge in [-0.1, -0.05) is 0 Å². The molecule has 0 bridgehead atoms. The number of hydrogen-bond acceptors (Lipinski definition) is 3. The molecule has 1 aromatic rings. The first-order valence-electron chi connectivity index (χ1n) is 2.70. The zero-order chi connectivity index (χ0) is 7.56. The molecule has 2 N–H and O–H groups in total. The highest BCUT2D eigenvalue weighted by Crippen LogP contribution is 2.29. The van der Waals surface area contributed by atoms with Gasteiger partial charge >= 0.3 is 0 Å². The summed E-state index contributed by atoms with van der Waals surface area (Å²) in [4.78, 5) is 11.0. The van der Waals surface area contributed by atoms with Crippen LogP contribution in [0.25, 0.3) is 0 Å². The number of carbonyl (C=O) groups excluding carboxylic acids is 1. The molecule has 0 amide bonds. The van der Waals surface area contributed by atoms with Crippen molar-refractivity contribution < 1.29 is 4.79 Å². The van der Waals surface area contributed by atoms with E-state index in [0.717, 1.165) is 15.6 Å². The number of anilines is 1. The number of hydrogen-bond donors (Lipinski definition) is 1. The predicted octanol–water partition coefficient (Wildman–Crippen LogP) is 1.83. The maximum atomic E-state index is 10.1. The normalized spacial score (nSPS) is 9.70. The highest BCUT2D eigenvalue weighted by atomic mass is 79.9. The maximum absolute atomic E-state index is 10.1. The summed E-state index contributed by atoms with van der Waals surface area (Å²) in [6.07, 6.45) is 1.27. The Morgan fingerprint density at radius 1 is 1.80 bits per heavy atom. The van der Waals surface area contributed by atoms with Crippen LogP contribution in [0.2, 0.25) is 0 Å². The molecule has 10 heavy (non-hydrogen) atoms. The summed E-state index contributed by atoms with van der Waals surface area (Å²) in [6.45, 7) is 0. The average Bonchev–Trinajstić information content (AvgIpc) is 2.20. The first-order chi connectivity index (χ1) is 4.75. The molecule has 0 fully saturated rings. The Bertz CT molecular complexity index is 246. The molecule has 54 valence electrons. The third-order valence-electron chi connectivity index (χ3n) is 1.13. The average molecular weight is 220 g/mol. The van der Waals surface area contributed by atoms with Gasteiger partial charge in [0.2, 0.25) is 0 Å². The number of nitrogen functional groups attached to an aromatic ring is 1. The third-order valence-corrected chi connectivity index (χ3v) is 3.11. The monoisotopic (exact) mass is 219 g/mol. The molecular formula is C6H6BrNOS. The SMILES string of the molecule is Nc1c(Br)csc1CC=O. The Kier molecular flexibility index (Phi) is 2.45. The van der Waals surface area contributed by atoms with Crippen molar-refractivity contribution in [2.45, 2.75) is 6.42 Å². The molecule has 0 saturated carbocycles. The van der Waals surface area contributed by atoms with Gasteiger partial charge < -0.3 is 10.5 Å². The summed E-state index contributed by atoms with van der Waals surface area (Å²) in [5.41, 5.74) is 6.29. The van der Waals surface area contributed by atoms with E-state index < -0.39 is 0 Å². The lowest BCUT2D eigenvalue weighted by Gasteiger charge is -1.90. The van der Waals surface area contributed by atoms with Crippen LogP contribution in [-0.4, -0.2) is 6.29 Å². The van der Waals surface area contributed by atoms with Crippen LogP contribution in [-0.2, 0) is 11.2 Å². The van der Waals surface area contributed by atoms with E-state index in [9.17, 15) is 4.79 Å². The second kappa shape index (κ2) is 3.16. The molecule has 0 aliphatic carbocycles. The van der Waals surface area contributed by atoms with E-state index in [1.54, 1.807) is 0 Å². The van der Waals surface area contributed by atoms with Crippen LogP contribution in [0.4, 0.5) is 5.69 Å². The Labute approximate surface area is 71.2 Å². The molecular weight excluding hydrogens is 214 g/mol. The van der Waals surface area contributed by atoms with Gasteiger partial charge in [-0.05, 0) is 15.9 Å². The van der Waals surface area contributed by atoms with Crippen molar-refractivity contribution in [3.05, 3.63) is 14.7 Å². The van der Waals surface area contributed by atoms with Crippen molar-refractivity contribution >= 4 is 39.2 Å². The number of nitrogens with two attached hydrogens (primary N) is 1. The summed E-state index contributed by atoms with van der Waals surface area (Å²) in [7, 11) is 0. The van der Waals surface area contributed by atoms with E-state index in [-0.39, 0.29) is 0 Å². The number of thiophene rings is 1. The Hall–Kier alpha value is -0.350.